The van der Waals surface area contributed by atoms with Gasteiger partial charge in [0.1, 0.15) is 23.0 Å². The fraction of sp³-hybridized carbons (Fsp3) is 0. The van der Waals surface area contributed by atoms with E-state index in [-0.39, 0.29) is 22.3 Å². The molecule has 0 heterocycles. The van der Waals surface area contributed by atoms with E-state index in [0.717, 1.165) is 0 Å². The first-order chi connectivity index (χ1) is 24.3. The molecule has 6 heteroatoms. The summed E-state index contributed by atoms with van der Waals surface area (Å²) in [6.07, 6.45) is 11.0. The molecular weight excluding hydrogens is 624 g/mol. The number of hydrogen-bond donors (Lipinski definition) is 0. The number of rotatable bonds is 10. The molecule has 0 unspecified atom stereocenters. The Balaban J connectivity index is 0.000000641. The molecule has 0 radical (unpaired) electrons. The van der Waals surface area contributed by atoms with Crippen molar-refractivity contribution in [3.05, 3.63) is 179 Å². The molecule has 50 heavy (non-hydrogen) atoms. The summed E-state index contributed by atoms with van der Waals surface area (Å²) in [5.74, 6) is 3.70. The second-order valence-corrected chi connectivity index (χ2v) is 11.0. The summed E-state index contributed by atoms with van der Waals surface area (Å²) in [5.41, 5.74) is 4.22. The Morgan fingerprint density at radius 3 is 1.10 bits per heavy atom. The van der Waals surface area contributed by atoms with Crippen molar-refractivity contribution < 1.29 is 28.7 Å². The third kappa shape index (κ3) is 7.16. The van der Waals surface area contributed by atoms with Gasteiger partial charge in [-0.15, -0.1) is 12.8 Å². The van der Waals surface area contributed by atoms with Gasteiger partial charge in [-0.1, -0.05) is 78.6 Å². The van der Waals surface area contributed by atoms with Gasteiger partial charge < -0.3 is 9.47 Å². The molecule has 0 aromatic heterocycles. The Labute approximate surface area is 289 Å². The molecule has 0 atom stereocenters. The first kappa shape index (κ1) is 32.7. The lowest BCUT2D eigenvalue weighted by atomic mass is 9.95. The highest BCUT2D eigenvalue weighted by atomic mass is 16.5. The Morgan fingerprint density at radius 1 is 0.400 bits per heavy atom. The summed E-state index contributed by atoms with van der Waals surface area (Å²) in [7, 11) is 0. The summed E-state index contributed by atoms with van der Waals surface area (Å²) in [5, 5.41) is 0. The minimum absolute atomic E-state index is 0.0205. The Kier molecular flexibility index (Phi) is 9.57. The number of terminal acetylenes is 2. The molecule has 0 saturated heterocycles. The van der Waals surface area contributed by atoms with Crippen LogP contribution in [0.4, 0.5) is 0 Å². The van der Waals surface area contributed by atoms with Crippen LogP contribution >= 0.6 is 0 Å². The summed E-state index contributed by atoms with van der Waals surface area (Å²) in [6.45, 7) is 0. The number of fused-ring (bicyclic) bond motifs is 1. The van der Waals surface area contributed by atoms with E-state index >= 15 is 0 Å². The molecule has 0 N–H and O–H groups in total. The van der Waals surface area contributed by atoms with E-state index in [2.05, 4.69) is 36.1 Å². The van der Waals surface area contributed by atoms with Gasteiger partial charge in [0.2, 0.25) is 23.1 Å². The normalized spacial score (nSPS) is 10.3. The van der Waals surface area contributed by atoms with Crippen LogP contribution in [0.5, 0.6) is 23.0 Å². The van der Waals surface area contributed by atoms with Crippen LogP contribution < -0.4 is 9.47 Å². The lowest BCUT2D eigenvalue weighted by molar-refractivity contribution is 0.0812. The van der Waals surface area contributed by atoms with Crippen LogP contribution in [-0.2, 0) is 0 Å². The molecule has 0 aliphatic heterocycles. The molecular formula is C44H26O6. The number of ketones is 4. The molecule has 6 nitrogen and oxygen atoms in total. The van der Waals surface area contributed by atoms with E-state index in [1.165, 1.54) is 59.7 Å². The highest BCUT2D eigenvalue weighted by Crippen LogP contribution is 2.30. The highest BCUT2D eigenvalue weighted by molar-refractivity contribution is 6.51. The second kappa shape index (κ2) is 14.6. The number of hydrogen-bond acceptors (Lipinski definition) is 6. The molecule has 238 valence electrons. The van der Waals surface area contributed by atoms with Crippen LogP contribution in [0.25, 0.3) is 11.1 Å². The zero-order chi connectivity index (χ0) is 35.0. The van der Waals surface area contributed by atoms with Crippen LogP contribution in [0.3, 0.4) is 0 Å². The van der Waals surface area contributed by atoms with Gasteiger partial charge in [-0.3, -0.25) is 19.2 Å². The van der Waals surface area contributed by atoms with Gasteiger partial charge in [0.05, 0.1) is 11.1 Å². The largest absolute Gasteiger partial charge is 0.456 e. The van der Waals surface area contributed by atoms with Crippen LogP contribution in [0, 0.1) is 24.7 Å². The molecule has 2 aliphatic rings. The third-order valence-electron chi connectivity index (χ3n) is 7.79. The molecule has 5 aromatic carbocycles. The highest BCUT2D eigenvalue weighted by Gasteiger charge is 2.23. The number of Topliss-reactive ketones (excluding diaryl/α,β-unsaturated/α-hetero) is 4. The monoisotopic (exact) mass is 650 g/mol. The maximum atomic E-state index is 13.0. The average molecular weight is 651 g/mol. The van der Waals surface area contributed by atoms with Crippen molar-refractivity contribution in [2.75, 3.05) is 0 Å². The maximum absolute atomic E-state index is 13.0. The van der Waals surface area contributed by atoms with E-state index in [1.807, 2.05) is 0 Å². The number of para-hydroxylation sites is 2. The minimum Gasteiger partial charge on any atom is -0.456 e. The number of carbonyl (C=O) groups excluding carboxylic acids is 4. The van der Waals surface area contributed by atoms with Crippen molar-refractivity contribution in [1.29, 1.82) is 0 Å². The topological polar surface area (TPSA) is 86.7 Å². The first-order valence-electron chi connectivity index (χ1n) is 15.4. The molecule has 0 spiro atoms. The molecule has 5 aromatic rings. The van der Waals surface area contributed by atoms with Crippen molar-refractivity contribution >= 4 is 23.1 Å². The third-order valence-corrected chi connectivity index (χ3v) is 7.79. The summed E-state index contributed by atoms with van der Waals surface area (Å²) < 4.78 is 11.6. The van der Waals surface area contributed by atoms with Crippen molar-refractivity contribution in [3.8, 4) is 58.8 Å². The van der Waals surface area contributed by atoms with Crippen molar-refractivity contribution in [2.45, 2.75) is 0 Å². The Morgan fingerprint density at radius 2 is 0.760 bits per heavy atom. The number of ether oxygens (including phenoxy) is 2. The van der Waals surface area contributed by atoms with Gasteiger partial charge >= 0.3 is 0 Å². The van der Waals surface area contributed by atoms with E-state index in [4.69, 9.17) is 22.3 Å². The molecule has 7 rings (SSSR count). The van der Waals surface area contributed by atoms with E-state index in [0.29, 0.717) is 34.1 Å². The zero-order valence-electron chi connectivity index (χ0n) is 26.5. The van der Waals surface area contributed by atoms with Crippen LogP contribution in [0.2, 0.25) is 0 Å². The zero-order valence-corrected chi connectivity index (χ0v) is 26.5. The van der Waals surface area contributed by atoms with Crippen LogP contribution in [0.1, 0.15) is 52.6 Å². The van der Waals surface area contributed by atoms with E-state index in [9.17, 15) is 19.2 Å². The summed E-state index contributed by atoms with van der Waals surface area (Å²) in [6, 6.07) is 40.1. The average Bonchev–Trinajstić information content (AvgIpc) is 3.16. The molecule has 0 amide bonds. The quantitative estimate of drug-likeness (QED) is 0.0834. The molecule has 0 saturated carbocycles. The van der Waals surface area contributed by atoms with Crippen molar-refractivity contribution in [3.63, 3.8) is 0 Å². The fourth-order valence-electron chi connectivity index (χ4n) is 4.94. The van der Waals surface area contributed by atoms with Crippen molar-refractivity contribution in [2.24, 2.45) is 0 Å². The molecule has 0 fully saturated rings. The van der Waals surface area contributed by atoms with E-state index < -0.39 is 23.1 Å². The SMILES string of the molecule is C#Cc1ccccc1Oc1ccc(C(=O)C(=O)c2cccc(C(=O)C(=O)c3ccc(Oc4ccccc4C#C)cc3)c2)cc1.c1cc2ccc1-2. The molecule has 0 bridgehead atoms. The van der Waals surface area contributed by atoms with Gasteiger partial charge in [-0.25, -0.2) is 0 Å². The second-order valence-electron chi connectivity index (χ2n) is 11.0. The van der Waals surface area contributed by atoms with Gasteiger partial charge in [-0.2, -0.15) is 0 Å². The summed E-state index contributed by atoms with van der Waals surface area (Å²) >= 11 is 0. The van der Waals surface area contributed by atoms with Gasteiger partial charge in [0.15, 0.2) is 0 Å². The van der Waals surface area contributed by atoms with Gasteiger partial charge in [0, 0.05) is 22.3 Å². The van der Waals surface area contributed by atoms with Crippen LogP contribution in [0.15, 0.2) is 146 Å². The Hall–Kier alpha value is -7.28. The standard InChI is InChI=1S/C38H22O6.C6H4/c1-3-25-10-5-7-14-33(25)43-31-20-16-27(17-21-31)35(39)37(41)29-12-9-13-30(24-29)38(42)36(40)28-18-22-32(23-19-28)44-34-15-8-6-11-26(34)4-2;1-2-6-4-3-5(1)6/h1-2,5-24H;1-4H. The minimum atomic E-state index is -0.827. The van der Waals surface area contributed by atoms with Crippen molar-refractivity contribution in [1.82, 2.24) is 0 Å². The van der Waals surface area contributed by atoms with E-state index in [1.54, 1.807) is 72.8 Å². The molecule has 2 aliphatic carbocycles. The smallest absolute Gasteiger partial charge is 0.233 e. The first-order valence-corrected chi connectivity index (χ1v) is 15.4. The lowest BCUT2D eigenvalue weighted by Crippen LogP contribution is -2.17. The van der Waals surface area contributed by atoms with Gasteiger partial charge in [-0.05, 0) is 90.0 Å². The predicted octanol–water partition coefficient (Wildman–Crippen LogP) is 9.03. The lowest BCUT2D eigenvalue weighted by Gasteiger charge is -2.10. The summed E-state index contributed by atoms with van der Waals surface area (Å²) in [4.78, 5) is 52.0. The predicted molar refractivity (Wildman–Crippen MR) is 191 cm³/mol. The Bertz CT molecular complexity index is 2170. The maximum Gasteiger partial charge on any atom is 0.233 e. The number of benzene rings is 6. The van der Waals surface area contributed by atoms with Gasteiger partial charge in [0.25, 0.3) is 0 Å². The number of carbonyl (C=O) groups is 4. The fourth-order valence-corrected chi connectivity index (χ4v) is 4.94. The van der Waals surface area contributed by atoms with Crippen LogP contribution in [-0.4, -0.2) is 23.1 Å².